The van der Waals surface area contributed by atoms with Crippen LogP contribution in [-0.4, -0.2) is 41.7 Å². The number of carboxylic acid groups (broad SMARTS) is 1. The molecule has 102 valence electrons. The van der Waals surface area contributed by atoms with E-state index in [1.807, 2.05) is 0 Å². The van der Waals surface area contributed by atoms with Gasteiger partial charge in [-0.05, 0) is 13.3 Å². The van der Waals surface area contributed by atoms with Crippen LogP contribution in [0, 0.1) is 0 Å². The second-order valence-electron chi connectivity index (χ2n) is 3.97. The number of carbonyl (C=O) groups is 1. The normalized spacial score (nSPS) is 15.3. The van der Waals surface area contributed by atoms with Crippen molar-refractivity contribution in [1.82, 2.24) is 9.71 Å². The number of aliphatic hydroxyl groups is 1. The lowest BCUT2D eigenvalue weighted by molar-refractivity contribution is 0.0613. The smallest absolute Gasteiger partial charge is 0.356 e. The molecule has 1 unspecified atom stereocenters. The number of hydrogen-bond acceptors (Lipinski definition) is 6. The van der Waals surface area contributed by atoms with Crippen LogP contribution in [0.25, 0.3) is 0 Å². The van der Waals surface area contributed by atoms with Gasteiger partial charge in [0.15, 0.2) is 9.90 Å². The maximum absolute atomic E-state index is 11.9. The van der Waals surface area contributed by atoms with Crippen LogP contribution < -0.4 is 4.72 Å². The third kappa shape index (κ3) is 3.48. The number of carboxylic acids is 1. The van der Waals surface area contributed by atoms with Crippen molar-refractivity contribution < 1.29 is 23.4 Å². The lowest BCUT2D eigenvalue weighted by Gasteiger charge is -2.21. The number of nitrogens with zero attached hydrogens (tertiary/aromatic N) is 1. The molecule has 0 amide bonds. The summed E-state index contributed by atoms with van der Waals surface area (Å²) in [4.78, 5) is 14.3. The molecule has 0 aliphatic rings. The zero-order valence-electron chi connectivity index (χ0n) is 9.87. The Bertz CT molecular complexity index is 535. The van der Waals surface area contributed by atoms with Gasteiger partial charge in [0.1, 0.15) is 0 Å². The average Bonchev–Trinajstić information content (AvgIpc) is 2.76. The molecule has 1 atom stereocenters. The third-order valence-corrected chi connectivity index (χ3v) is 5.16. The summed E-state index contributed by atoms with van der Waals surface area (Å²) < 4.78 is 25.5. The van der Waals surface area contributed by atoms with Crippen LogP contribution >= 0.6 is 11.3 Å². The zero-order chi connectivity index (χ0) is 14.0. The van der Waals surface area contributed by atoms with E-state index in [0.717, 1.165) is 16.8 Å². The quantitative estimate of drug-likeness (QED) is 0.694. The van der Waals surface area contributed by atoms with E-state index in [-0.39, 0.29) is 10.8 Å². The van der Waals surface area contributed by atoms with E-state index in [9.17, 15) is 18.3 Å². The highest BCUT2D eigenvalue weighted by Crippen LogP contribution is 2.20. The van der Waals surface area contributed by atoms with Crippen molar-refractivity contribution in [3.05, 3.63) is 11.2 Å². The van der Waals surface area contributed by atoms with Gasteiger partial charge in [0, 0.05) is 6.54 Å². The van der Waals surface area contributed by atoms with Crippen molar-refractivity contribution in [3.8, 4) is 0 Å². The Kier molecular flexibility index (Phi) is 4.43. The van der Waals surface area contributed by atoms with Gasteiger partial charge in [-0.3, -0.25) is 0 Å². The Hall–Kier alpha value is -1.03. The standard InChI is InChI=1S/C9H14N2O5S2/c1-3-9(2,14)4-11-18(15,16)8-6(7(12)13)10-5-17-8/h5,11,14H,3-4H2,1-2H3,(H,12,13). The second kappa shape index (κ2) is 5.31. The highest BCUT2D eigenvalue weighted by molar-refractivity contribution is 7.91. The predicted molar refractivity (Wildman–Crippen MR) is 65.2 cm³/mol. The highest BCUT2D eigenvalue weighted by Gasteiger charge is 2.28. The van der Waals surface area contributed by atoms with Gasteiger partial charge in [0.05, 0.1) is 11.1 Å². The Labute approximate surface area is 109 Å². The number of rotatable bonds is 6. The molecule has 3 N–H and O–H groups in total. The summed E-state index contributed by atoms with van der Waals surface area (Å²) in [6.07, 6.45) is 0.365. The predicted octanol–water partition coefficient (Wildman–Crippen LogP) is 0.281. The van der Waals surface area contributed by atoms with E-state index in [0.29, 0.717) is 6.42 Å². The first kappa shape index (κ1) is 15.0. The van der Waals surface area contributed by atoms with Crippen LogP contribution in [0.15, 0.2) is 9.72 Å². The van der Waals surface area contributed by atoms with E-state index in [4.69, 9.17) is 5.11 Å². The maximum Gasteiger partial charge on any atom is 0.356 e. The summed E-state index contributed by atoms with van der Waals surface area (Å²) in [6, 6.07) is 0. The van der Waals surface area contributed by atoms with E-state index in [2.05, 4.69) is 9.71 Å². The van der Waals surface area contributed by atoms with E-state index < -0.39 is 27.3 Å². The number of sulfonamides is 1. The number of nitrogens with one attached hydrogen (secondary N) is 1. The van der Waals surface area contributed by atoms with Gasteiger partial charge in [-0.25, -0.2) is 22.9 Å². The molecule has 9 heteroatoms. The summed E-state index contributed by atoms with van der Waals surface area (Å²) in [5.41, 5.74) is -0.541. The van der Waals surface area contributed by atoms with Gasteiger partial charge < -0.3 is 10.2 Å². The molecule has 0 spiro atoms. The molecule has 0 saturated carbocycles. The molecule has 0 bridgehead atoms. The van der Waals surface area contributed by atoms with Crippen molar-refractivity contribution in [2.45, 2.75) is 30.1 Å². The van der Waals surface area contributed by atoms with E-state index in [1.165, 1.54) is 6.92 Å². The topological polar surface area (TPSA) is 117 Å². The summed E-state index contributed by atoms with van der Waals surface area (Å²) in [7, 11) is -3.97. The van der Waals surface area contributed by atoms with Gasteiger partial charge in [0.2, 0.25) is 0 Å². The summed E-state index contributed by atoms with van der Waals surface area (Å²) in [5, 5.41) is 18.5. The van der Waals surface area contributed by atoms with Gasteiger partial charge >= 0.3 is 5.97 Å². The fraction of sp³-hybridized carbons (Fsp3) is 0.556. The number of aromatic carboxylic acids is 1. The summed E-state index contributed by atoms with van der Waals surface area (Å²) >= 11 is 0.719. The van der Waals surface area contributed by atoms with Crippen molar-refractivity contribution in [1.29, 1.82) is 0 Å². The minimum atomic E-state index is -3.97. The molecule has 1 aromatic heterocycles. The molecule has 7 nitrogen and oxygen atoms in total. The van der Waals surface area contributed by atoms with E-state index in [1.54, 1.807) is 6.92 Å². The van der Waals surface area contributed by atoms with Crippen LogP contribution in [0.2, 0.25) is 0 Å². The molecule has 18 heavy (non-hydrogen) atoms. The largest absolute Gasteiger partial charge is 0.476 e. The van der Waals surface area contributed by atoms with Gasteiger partial charge in [0.25, 0.3) is 10.0 Å². The molecule has 1 rings (SSSR count). The minimum absolute atomic E-state index is 0.192. The van der Waals surface area contributed by atoms with Crippen molar-refractivity contribution in [3.63, 3.8) is 0 Å². The molecule has 0 saturated heterocycles. The Morgan fingerprint density at radius 2 is 2.22 bits per heavy atom. The van der Waals surface area contributed by atoms with Crippen LogP contribution in [0.5, 0.6) is 0 Å². The molecular formula is C9H14N2O5S2. The number of hydrogen-bond donors (Lipinski definition) is 3. The first-order valence-corrected chi connectivity index (χ1v) is 7.45. The molecule has 0 radical (unpaired) electrons. The second-order valence-corrected chi connectivity index (χ2v) is 6.79. The fourth-order valence-corrected chi connectivity index (χ4v) is 3.35. The van der Waals surface area contributed by atoms with Crippen molar-refractivity contribution in [2.75, 3.05) is 6.54 Å². The fourth-order valence-electron chi connectivity index (χ4n) is 1.01. The Morgan fingerprint density at radius 1 is 1.61 bits per heavy atom. The lowest BCUT2D eigenvalue weighted by Crippen LogP contribution is -2.40. The first-order chi connectivity index (χ1) is 8.19. The Balaban J connectivity index is 2.94. The van der Waals surface area contributed by atoms with Gasteiger partial charge in [-0.1, -0.05) is 6.92 Å². The molecule has 1 heterocycles. The molecule has 1 aromatic rings. The van der Waals surface area contributed by atoms with Crippen LogP contribution in [0.3, 0.4) is 0 Å². The average molecular weight is 294 g/mol. The van der Waals surface area contributed by atoms with E-state index >= 15 is 0 Å². The third-order valence-electron chi connectivity index (χ3n) is 2.39. The monoisotopic (exact) mass is 294 g/mol. The van der Waals surface area contributed by atoms with Crippen molar-refractivity contribution >= 4 is 27.3 Å². The SMILES string of the molecule is CCC(C)(O)CNS(=O)(=O)c1scnc1C(=O)O. The van der Waals surface area contributed by atoms with Crippen LogP contribution in [-0.2, 0) is 10.0 Å². The highest BCUT2D eigenvalue weighted by atomic mass is 32.2. The lowest BCUT2D eigenvalue weighted by atomic mass is 10.1. The van der Waals surface area contributed by atoms with Gasteiger partial charge in [-0.2, -0.15) is 0 Å². The van der Waals surface area contributed by atoms with Crippen molar-refractivity contribution in [2.24, 2.45) is 0 Å². The van der Waals surface area contributed by atoms with Crippen LogP contribution in [0.4, 0.5) is 0 Å². The Morgan fingerprint density at radius 3 is 2.72 bits per heavy atom. The minimum Gasteiger partial charge on any atom is -0.476 e. The molecule has 0 aliphatic heterocycles. The summed E-state index contributed by atoms with van der Waals surface area (Å²) in [6.45, 7) is 3.01. The molecule has 0 aromatic carbocycles. The molecular weight excluding hydrogens is 280 g/mol. The maximum atomic E-state index is 11.9. The first-order valence-electron chi connectivity index (χ1n) is 5.08. The number of thiazole rings is 1. The molecule has 0 aliphatic carbocycles. The van der Waals surface area contributed by atoms with Gasteiger partial charge in [-0.15, -0.1) is 11.3 Å². The molecule has 0 fully saturated rings. The zero-order valence-corrected chi connectivity index (χ0v) is 11.5. The summed E-state index contributed by atoms with van der Waals surface area (Å²) in [5.74, 6) is -1.40. The van der Waals surface area contributed by atoms with Crippen LogP contribution in [0.1, 0.15) is 30.8 Å². The number of aromatic nitrogens is 1.